The normalized spacial score (nSPS) is 23.6. The molecule has 2 saturated heterocycles. The van der Waals surface area contributed by atoms with Gasteiger partial charge in [-0.3, -0.25) is 4.79 Å². The molecule has 9 N–H and O–H groups in total. The maximum atomic E-state index is 13.3. The molecule has 498 valence electrons. The van der Waals surface area contributed by atoms with Crippen molar-refractivity contribution in [1.29, 1.82) is 0 Å². The van der Waals surface area contributed by atoms with Crippen molar-refractivity contribution in [3.8, 4) is 0 Å². The van der Waals surface area contributed by atoms with E-state index in [-0.39, 0.29) is 18.9 Å². The van der Waals surface area contributed by atoms with Crippen LogP contribution in [0.5, 0.6) is 0 Å². The fourth-order valence-electron chi connectivity index (χ4n) is 12.2. The van der Waals surface area contributed by atoms with Crippen LogP contribution in [0.4, 0.5) is 0 Å². The van der Waals surface area contributed by atoms with Gasteiger partial charge in [0.15, 0.2) is 12.6 Å². The molecule has 0 spiro atoms. The van der Waals surface area contributed by atoms with E-state index in [0.29, 0.717) is 0 Å². The van der Waals surface area contributed by atoms with Gasteiger partial charge in [0.2, 0.25) is 5.91 Å². The van der Waals surface area contributed by atoms with Gasteiger partial charge in [-0.2, -0.15) is 0 Å². The number of carbonyl (C=O) groups excluding carboxylic acids is 1. The molecule has 2 heterocycles. The molecule has 14 nitrogen and oxygen atoms in total. The lowest BCUT2D eigenvalue weighted by atomic mass is 9.97. The summed E-state index contributed by atoms with van der Waals surface area (Å²) in [4.78, 5) is 13.3. The third-order valence-electron chi connectivity index (χ3n) is 18.0. The lowest BCUT2D eigenvalue weighted by Crippen LogP contribution is -2.65. The van der Waals surface area contributed by atoms with E-state index in [9.17, 15) is 45.6 Å². The fourth-order valence-corrected chi connectivity index (χ4v) is 12.2. The summed E-state index contributed by atoms with van der Waals surface area (Å²) < 4.78 is 22.8. The first-order chi connectivity index (χ1) is 41.1. The van der Waals surface area contributed by atoms with Crippen LogP contribution in [0.25, 0.3) is 0 Å². The van der Waals surface area contributed by atoms with Crippen LogP contribution in [-0.4, -0.2) is 140 Å². The van der Waals surface area contributed by atoms with E-state index in [2.05, 4.69) is 19.2 Å². The third-order valence-corrected chi connectivity index (χ3v) is 18.0. The molecule has 0 aromatic heterocycles. The van der Waals surface area contributed by atoms with Gasteiger partial charge in [0, 0.05) is 6.42 Å². The molecule has 14 heteroatoms. The van der Waals surface area contributed by atoms with Crippen LogP contribution < -0.4 is 5.32 Å². The van der Waals surface area contributed by atoms with Crippen molar-refractivity contribution in [1.82, 2.24) is 5.32 Å². The van der Waals surface area contributed by atoms with Crippen molar-refractivity contribution < 1.29 is 64.6 Å². The van der Waals surface area contributed by atoms with Crippen LogP contribution in [0, 0.1) is 0 Å². The summed E-state index contributed by atoms with van der Waals surface area (Å²) in [6.07, 6.45) is 51.4. The van der Waals surface area contributed by atoms with E-state index in [0.717, 1.165) is 44.9 Å². The average molecular weight is 1200 g/mol. The number of nitrogens with one attached hydrogen (secondary N) is 1. The first-order valence-electron chi connectivity index (χ1n) is 35.9. The molecule has 1 amide bonds. The second-order valence-corrected chi connectivity index (χ2v) is 25.7. The highest BCUT2D eigenvalue weighted by atomic mass is 16.7. The van der Waals surface area contributed by atoms with E-state index in [4.69, 9.17) is 18.9 Å². The summed E-state index contributed by atoms with van der Waals surface area (Å²) in [5, 5.41) is 87.4. The maximum absolute atomic E-state index is 13.3. The van der Waals surface area contributed by atoms with Gasteiger partial charge in [-0.15, -0.1) is 0 Å². The molecule has 4 unspecified atom stereocenters. The van der Waals surface area contributed by atoms with Gasteiger partial charge in [-0.1, -0.05) is 321 Å². The van der Waals surface area contributed by atoms with E-state index < -0.39 is 86.8 Å². The van der Waals surface area contributed by atoms with Crippen LogP contribution in [0.1, 0.15) is 335 Å². The lowest BCUT2D eigenvalue weighted by molar-refractivity contribution is -0.359. The summed E-state index contributed by atoms with van der Waals surface area (Å²) in [5.74, 6) is -0.231. The zero-order valence-corrected chi connectivity index (χ0v) is 54.2. The first kappa shape index (κ1) is 78.8. The predicted molar refractivity (Wildman–Crippen MR) is 342 cm³/mol. The quantitative estimate of drug-likeness (QED) is 0.0204. The number of allylic oxidation sites excluding steroid dienone is 1. The van der Waals surface area contributed by atoms with E-state index in [1.807, 2.05) is 6.08 Å². The zero-order valence-electron chi connectivity index (χ0n) is 54.2. The molecule has 2 fully saturated rings. The third kappa shape index (κ3) is 39.7. The number of unbranched alkanes of at least 4 members (excludes halogenated alkanes) is 47. The number of ether oxygens (including phenoxy) is 4. The van der Waals surface area contributed by atoms with Gasteiger partial charge in [0.05, 0.1) is 32.0 Å². The number of hydrogen-bond acceptors (Lipinski definition) is 13. The highest BCUT2D eigenvalue weighted by molar-refractivity contribution is 5.76. The number of carbonyl (C=O) groups is 1. The maximum Gasteiger partial charge on any atom is 0.220 e. The van der Waals surface area contributed by atoms with Crippen molar-refractivity contribution in [2.75, 3.05) is 19.8 Å². The van der Waals surface area contributed by atoms with Crippen molar-refractivity contribution in [3.05, 3.63) is 12.2 Å². The molecule has 84 heavy (non-hydrogen) atoms. The number of aliphatic hydroxyl groups is 8. The van der Waals surface area contributed by atoms with E-state index in [1.165, 1.54) is 270 Å². The summed E-state index contributed by atoms with van der Waals surface area (Å²) in [5.41, 5.74) is 0. The molecule has 0 bridgehead atoms. The zero-order chi connectivity index (χ0) is 60.9. The Morgan fingerprint density at radius 2 is 0.738 bits per heavy atom. The van der Waals surface area contributed by atoms with Gasteiger partial charge in [0.25, 0.3) is 0 Å². The molecular formula is C70H135NO13. The Kier molecular flexibility index (Phi) is 52.3. The van der Waals surface area contributed by atoms with Crippen molar-refractivity contribution in [3.63, 3.8) is 0 Å². The molecule has 0 aliphatic carbocycles. The molecule has 0 radical (unpaired) electrons. The van der Waals surface area contributed by atoms with E-state index >= 15 is 0 Å². The Labute approximate surface area is 514 Å². The minimum atomic E-state index is -1.79. The Hall–Kier alpha value is -1.27. The monoisotopic (exact) mass is 1200 g/mol. The van der Waals surface area contributed by atoms with Gasteiger partial charge in [-0.25, -0.2) is 0 Å². The van der Waals surface area contributed by atoms with Crippen LogP contribution >= 0.6 is 0 Å². The Morgan fingerprint density at radius 3 is 1.10 bits per heavy atom. The average Bonchev–Trinajstić information content (AvgIpc) is 3.61. The topological polar surface area (TPSA) is 228 Å². The van der Waals surface area contributed by atoms with Gasteiger partial charge in [-0.05, 0) is 19.3 Å². The molecule has 2 aliphatic heterocycles. The van der Waals surface area contributed by atoms with Crippen LogP contribution in [-0.2, 0) is 23.7 Å². The number of aliphatic hydroxyl groups excluding tert-OH is 8. The number of rotatable bonds is 60. The highest BCUT2D eigenvalue weighted by Gasteiger charge is 2.51. The fraction of sp³-hybridized carbons (Fsp3) is 0.957. The molecule has 2 aliphatic rings. The molecule has 2 rings (SSSR count). The van der Waals surface area contributed by atoms with Crippen LogP contribution in [0.2, 0.25) is 0 Å². The lowest BCUT2D eigenvalue weighted by Gasteiger charge is -2.46. The summed E-state index contributed by atoms with van der Waals surface area (Å²) in [6, 6.07) is -0.911. The summed E-state index contributed by atoms with van der Waals surface area (Å²) in [6.45, 7) is 2.85. The van der Waals surface area contributed by atoms with E-state index in [1.54, 1.807) is 6.08 Å². The van der Waals surface area contributed by atoms with Crippen LogP contribution in [0.3, 0.4) is 0 Å². The van der Waals surface area contributed by atoms with Gasteiger partial charge < -0.3 is 65.1 Å². The SMILES string of the molecule is CCCCCCCCCCCCCCCCC/C=C/[C@@H](O)[C@H](CO[C@@H]1O[C@H](CO)[C@@H](O[C@@H]2O[C@H](CO)[C@H](O)C(O)C2O)C(O)C1O)NC(=O)CCCCCCCCCCCCCCCCCCCCCCCCCCCCCCCCCCC. The number of amides is 1. The second kappa shape index (κ2) is 55.8. The van der Waals surface area contributed by atoms with Crippen molar-refractivity contribution in [2.45, 2.75) is 408 Å². The minimum Gasteiger partial charge on any atom is -0.394 e. The van der Waals surface area contributed by atoms with Crippen LogP contribution in [0.15, 0.2) is 12.2 Å². The summed E-state index contributed by atoms with van der Waals surface area (Å²) >= 11 is 0. The van der Waals surface area contributed by atoms with Crippen molar-refractivity contribution in [2.24, 2.45) is 0 Å². The smallest absolute Gasteiger partial charge is 0.220 e. The Balaban J connectivity index is 1.61. The standard InChI is InChI=1S/C70H135NO13/c1-3-5-7-9-11-13-15-17-19-21-22-23-24-25-26-27-28-29-30-31-32-33-34-35-36-38-40-42-44-46-48-50-52-54-62(75)71-58(59(74)53-51-49-47-45-43-41-39-37-20-18-16-14-12-10-8-6-4-2)57-81-69-67(80)65(78)68(61(56-73)83-69)84-70-66(79)64(77)63(76)60(55-72)82-70/h51,53,58-61,63-70,72-74,76-80H,3-50,52,54-57H2,1-2H3,(H,71,75)/b53-51+/t58-,59+,60+,61+,63-,64?,65?,66?,67?,68+,69+,70-/m0/s1. The Bertz CT molecular complexity index is 1460. The van der Waals surface area contributed by atoms with Gasteiger partial charge in [0.1, 0.15) is 48.8 Å². The molecule has 0 aromatic rings. The highest BCUT2D eigenvalue weighted by Crippen LogP contribution is 2.30. The van der Waals surface area contributed by atoms with Crippen molar-refractivity contribution >= 4 is 5.91 Å². The second-order valence-electron chi connectivity index (χ2n) is 25.7. The Morgan fingerprint density at radius 1 is 0.417 bits per heavy atom. The molecule has 12 atom stereocenters. The summed E-state index contributed by atoms with van der Waals surface area (Å²) in [7, 11) is 0. The minimum absolute atomic E-state index is 0.231. The predicted octanol–water partition coefficient (Wildman–Crippen LogP) is 14.6. The molecule has 0 aromatic carbocycles. The number of hydrogen-bond donors (Lipinski definition) is 9. The van der Waals surface area contributed by atoms with Gasteiger partial charge >= 0.3 is 0 Å². The first-order valence-corrected chi connectivity index (χ1v) is 35.9. The largest absolute Gasteiger partial charge is 0.394 e. The molecule has 0 saturated carbocycles. The molecular weight excluding hydrogens is 1060 g/mol.